The summed E-state index contributed by atoms with van der Waals surface area (Å²) in [5, 5.41) is 0. The van der Waals surface area contributed by atoms with Gasteiger partial charge < -0.3 is 0 Å². The van der Waals surface area contributed by atoms with E-state index in [4.69, 9.17) is 0 Å². The Bertz CT molecular complexity index is 289. The van der Waals surface area contributed by atoms with Crippen molar-refractivity contribution in [2.45, 2.75) is 26.7 Å². The Balaban J connectivity index is 0.00000108. The van der Waals surface area contributed by atoms with Crippen molar-refractivity contribution in [3.05, 3.63) is 0 Å². The third-order valence-corrected chi connectivity index (χ3v) is 5.15. The fraction of sp³-hybridized carbons (Fsp3) is 0.923. The summed E-state index contributed by atoms with van der Waals surface area (Å²) in [6, 6.07) is 0. The Morgan fingerprint density at radius 1 is 0.941 bits per heavy atom. The van der Waals surface area contributed by atoms with Gasteiger partial charge >= 0.3 is 0 Å². The van der Waals surface area contributed by atoms with Gasteiger partial charge in [-0.25, -0.2) is 0 Å². The smallest absolute Gasteiger partial charge is 0.150 e. The quantitative estimate of drug-likeness (QED) is 0.749. The van der Waals surface area contributed by atoms with Crippen molar-refractivity contribution in [3.8, 4) is 0 Å². The fourth-order valence-corrected chi connectivity index (χ4v) is 4.14. The predicted octanol–water partition coefficient (Wildman–Crippen LogP) is 1.41. The molecule has 4 aliphatic heterocycles. The molecule has 0 aromatic heterocycles. The lowest BCUT2D eigenvalue weighted by molar-refractivity contribution is -0.156. The second-order valence-corrected chi connectivity index (χ2v) is 6.02. The van der Waals surface area contributed by atoms with Gasteiger partial charge in [0.15, 0.2) is 0 Å². The van der Waals surface area contributed by atoms with E-state index < -0.39 is 0 Å². The van der Waals surface area contributed by atoms with Crippen LogP contribution in [0.15, 0.2) is 0 Å². The Morgan fingerprint density at radius 3 is 1.59 bits per heavy atom. The fourth-order valence-electron chi connectivity index (χ4n) is 4.14. The molecule has 4 heteroatoms. The van der Waals surface area contributed by atoms with Gasteiger partial charge in [0.25, 0.3) is 0 Å². The lowest BCUT2D eigenvalue weighted by Crippen LogP contribution is -2.66. The number of carbonyl (C=O) groups is 1. The first-order valence-electron chi connectivity index (χ1n) is 6.64. The third-order valence-electron chi connectivity index (χ3n) is 5.15. The van der Waals surface area contributed by atoms with Gasteiger partial charge in [0, 0.05) is 39.3 Å². The minimum atomic E-state index is -0.0387. The standard InChI is InChI=1S/C13H22N2O.ClH/c1-3-12-7-14-5-6-15(8-12)10-13(4-2,9-14)11(12)16;/h3-10H2,1-2H3;1H. The molecule has 0 spiro atoms. The van der Waals surface area contributed by atoms with Crippen LogP contribution in [0.25, 0.3) is 0 Å². The van der Waals surface area contributed by atoms with E-state index in [9.17, 15) is 4.79 Å². The molecule has 0 atom stereocenters. The number of hydrogen-bond acceptors (Lipinski definition) is 3. The largest absolute Gasteiger partial charge is 0.300 e. The van der Waals surface area contributed by atoms with Crippen molar-refractivity contribution < 1.29 is 4.79 Å². The molecule has 0 N–H and O–H groups in total. The molecule has 17 heavy (non-hydrogen) atoms. The van der Waals surface area contributed by atoms with E-state index in [1.54, 1.807) is 0 Å². The highest BCUT2D eigenvalue weighted by Crippen LogP contribution is 2.47. The summed E-state index contributed by atoms with van der Waals surface area (Å²) in [6.45, 7) is 10.8. The van der Waals surface area contributed by atoms with Crippen molar-refractivity contribution in [2.75, 3.05) is 39.3 Å². The molecule has 0 saturated carbocycles. The topological polar surface area (TPSA) is 23.6 Å². The molecule has 4 bridgehead atoms. The van der Waals surface area contributed by atoms with Crippen molar-refractivity contribution in [3.63, 3.8) is 0 Å². The maximum Gasteiger partial charge on any atom is 0.150 e. The van der Waals surface area contributed by atoms with Gasteiger partial charge in [-0.2, -0.15) is 0 Å². The maximum atomic E-state index is 12.8. The summed E-state index contributed by atoms with van der Waals surface area (Å²) in [6.07, 6.45) is 2.03. The first-order valence-corrected chi connectivity index (χ1v) is 6.64. The zero-order valence-corrected chi connectivity index (χ0v) is 11.7. The molecule has 3 nitrogen and oxygen atoms in total. The van der Waals surface area contributed by atoms with Crippen LogP contribution in [0.4, 0.5) is 0 Å². The van der Waals surface area contributed by atoms with Crippen LogP contribution >= 0.6 is 12.4 Å². The van der Waals surface area contributed by atoms with Gasteiger partial charge in [0.2, 0.25) is 0 Å². The van der Waals surface area contributed by atoms with Crippen LogP contribution in [-0.2, 0) is 4.79 Å². The zero-order chi connectivity index (χ0) is 11.4. The molecule has 0 aromatic rings. The number of piperidine rings is 2. The summed E-state index contributed by atoms with van der Waals surface area (Å²) >= 11 is 0. The van der Waals surface area contributed by atoms with Gasteiger partial charge in [-0.15, -0.1) is 12.4 Å². The van der Waals surface area contributed by atoms with E-state index in [2.05, 4.69) is 23.6 Å². The van der Waals surface area contributed by atoms with Crippen LogP contribution in [0, 0.1) is 10.8 Å². The lowest BCUT2D eigenvalue weighted by Gasteiger charge is -2.54. The van der Waals surface area contributed by atoms with Crippen LogP contribution in [-0.4, -0.2) is 54.9 Å². The number of halogens is 1. The summed E-state index contributed by atoms with van der Waals surface area (Å²) in [5.41, 5.74) is -0.0774. The highest BCUT2D eigenvalue weighted by molar-refractivity contribution is 5.93. The Hall–Kier alpha value is -0.120. The summed E-state index contributed by atoms with van der Waals surface area (Å²) in [7, 11) is 0. The van der Waals surface area contributed by atoms with E-state index in [0.717, 1.165) is 52.1 Å². The molecule has 4 saturated heterocycles. The van der Waals surface area contributed by atoms with Crippen molar-refractivity contribution >= 4 is 18.2 Å². The van der Waals surface area contributed by atoms with E-state index in [1.165, 1.54) is 0 Å². The number of Topliss-reactive ketones (excluding diaryl/α,β-unsaturated/α-hetero) is 1. The zero-order valence-electron chi connectivity index (χ0n) is 10.9. The van der Waals surface area contributed by atoms with Crippen LogP contribution in [0.3, 0.4) is 0 Å². The average molecular weight is 259 g/mol. The van der Waals surface area contributed by atoms with Gasteiger partial charge in [-0.3, -0.25) is 14.6 Å². The molecule has 0 unspecified atom stereocenters. The molecule has 4 fully saturated rings. The van der Waals surface area contributed by atoms with Crippen molar-refractivity contribution in [2.24, 2.45) is 10.8 Å². The summed E-state index contributed by atoms with van der Waals surface area (Å²) in [4.78, 5) is 17.9. The van der Waals surface area contributed by atoms with E-state index in [1.807, 2.05) is 0 Å². The Kier molecular flexibility index (Phi) is 3.30. The third kappa shape index (κ3) is 1.66. The maximum absolute atomic E-state index is 12.8. The Morgan fingerprint density at radius 2 is 1.29 bits per heavy atom. The van der Waals surface area contributed by atoms with Crippen molar-refractivity contribution in [1.29, 1.82) is 0 Å². The molecule has 0 amide bonds. The van der Waals surface area contributed by atoms with Gasteiger partial charge in [0.05, 0.1) is 10.8 Å². The van der Waals surface area contributed by atoms with Gasteiger partial charge in [0.1, 0.15) is 5.78 Å². The molecule has 0 radical (unpaired) electrons. The molecule has 4 rings (SSSR count). The minimum Gasteiger partial charge on any atom is -0.300 e. The summed E-state index contributed by atoms with van der Waals surface area (Å²) in [5.74, 6) is 0.583. The predicted molar refractivity (Wildman–Crippen MR) is 70.6 cm³/mol. The minimum absolute atomic E-state index is 0. The van der Waals surface area contributed by atoms with E-state index in [0.29, 0.717) is 5.78 Å². The van der Waals surface area contributed by atoms with Gasteiger partial charge in [-0.1, -0.05) is 13.8 Å². The first-order chi connectivity index (χ1) is 7.64. The molecule has 4 aliphatic rings. The molecule has 0 aliphatic carbocycles. The second kappa shape index (κ2) is 4.22. The van der Waals surface area contributed by atoms with E-state index in [-0.39, 0.29) is 23.2 Å². The monoisotopic (exact) mass is 258 g/mol. The molecular formula is C13H23ClN2O. The highest BCUT2D eigenvalue weighted by Gasteiger charge is 2.59. The normalized spacial score (nSPS) is 47.8. The van der Waals surface area contributed by atoms with Crippen LogP contribution in [0.1, 0.15) is 26.7 Å². The summed E-state index contributed by atoms with van der Waals surface area (Å²) < 4.78 is 0. The number of rotatable bonds is 2. The number of fused-ring (bicyclic) bond motifs is 1. The van der Waals surface area contributed by atoms with Crippen molar-refractivity contribution in [1.82, 2.24) is 9.80 Å². The number of hydrogen-bond donors (Lipinski definition) is 0. The van der Waals surface area contributed by atoms with E-state index >= 15 is 0 Å². The SMILES string of the molecule is CCC12CN3CCN(C1)CC(CC)(C3)C2=O.Cl. The van der Waals surface area contributed by atoms with Gasteiger partial charge in [-0.05, 0) is 12.8 Å². The highest BCUT2D eigenvalue weighted by atomic mass is 35.5. The average Bonchev–Trinajstić information content (AvgIpc) is 2.52. The molecule has 0 aromatic carbocycles. The first kappa shape index (κ1) is 13.3. The second-order valence-electron chi connectivity index (χ2n) is 6.02. The van der Waals surface area contributed by atoms with Crippen LogP contribution in [0.2, 0.25) is 0 Å². The number of ketones is 1. The van der Waals surface area contributed by atoms with Crippen LogP contribution < -0.4 is 0 Å². The Labute approximate surface area is 110 Å². The number of carbonyl (C=O) groups excluding carboxylic acids is 1. The lowest BCUT2D eigenvalue weighted by atomic mass is 9.61. The van der Waals surface area contributed by atoms with Crippen LogP contribution in [0.5, 0.6) is 0 Å². The number of nitrogens with zero attached hydrogens (tertiary/aromatic N) is 2. The molecule has 98 valence electrons. The molecule has 4 heterocycles. The molecular weight excluding hydrogens is 236 g/mol.